The lowest BCUT2D eigenvalue weighted by Crippen LogP contribution is -2.39. The van der Waals surface area contributed by atoms with Crippen molar-refractivity contribution in [2.24, 2.45) is 11.8 Å². The molecule has 0 saturated heterocycles. The molecule has 0 amide bonds. The van der Waals surface area contributed by atoms with Gasteiger partial charge < -0.3 is 4.90 Å². The van der Waals surface area contributed by atoms with Gasteiger partial charge in [-0.3, -0.25) is 0 Å². The standard InChI is InChI=1S/C11H15F3IN/c1-6-10(15)8-5-7(11(12,13)14)3-4-9(8)16(6)2/h7-9H,3-5H2,1-2H3. The van der Waals surface area contributed by atoms with Gasteiger partial charge in [-0.15, -0.1) is 0 Å². The second kappa shape index (κ2) is 4.07. The summed E-state index contributed by atoms with van der Waals surface area (Å²) in [7, 11) is 1.99. The van der Waals surface area contributed by atoms with Crippen molar-refractivity contribution in [3.8, 4) is 0 Å². The SMILES string of the molecule is CC1=C(I)C2CC(C(F)(F)F)CCC2N1C. The van der Waals surface area contributed by atoms with Gasteiger partial charge in [0, 0.05) is 28.3 Å². The molecule has 1 heterocycles. The van der Waals surface area contributed by atoms with Crippen molar-refractivity contribution in [2.45, 2.75) is 38.4 Å². The molecule has 0 aromatic carbocycles. The maximum atomic E-state index is 12.7. The topological polar surface area (TPSA) is 3.24 Å². The highest BCUT2D eigenvalue weighted by Gasteiger charge is 2.48. The summed E-state index contributed by atoms with van der Waals surface area (Å²) in [5.41, 5.74) is 1.15. The third-order valence-corrected chi connectivity index (χ3v) is 5.55. The Hall–Kier alpha value is 0.0600. The van der Waals surface area contributed by atoms with E-state index in [4.69, 9.17) is 0 Å². The zero-order valence-corrected chi connectivity index (χ0v) is 11.5. The molecule has 0 bridgehead atoms. The number of nitrogens with zero attached hydrogens (tertiary/aromatic N) is 1. The molecule has 0 spiro atoms. The fraction of sp³-hybridized carbons (Fsp3) is 0.818. The highest BCUT2D eigenvalue weighted by atomic mass is 127. The van der Waals surface area contributed by atoms with Gasteiger partial charge in [0.1, 0.15) is 0 Å². The molecule has 0 radical (unpaired) electrons. The second-order valence-corrected chi connectivity index (χ2v) is 5.93. The van der Waals surface area contributed by atoms with Crippen LogP contribution in [0.3, 0.4) is 0 Å². The van der Waals surface area contributed by atoms with Crippen LogP contribution in [0.4, 0.5) is 13.2 Å². The van der Waals surface area contributed by atoms with Crippen molar-refractivity contribution >= 4 is 22.6 Å². The highest BCUT2D eigenvalue weighted by molar-refractivity contribution is 14.1. The molecule has 5 heteroatoms. The minimum Gasteiger partial charge on any atom is -0.374 e. The Balaban J connectivity index is 2.16. The van der Waals surface area contributed by atoms with E-state index in [0.717, 1.165) is 9.28 Å². The zero-order valence-electron chi connectivity index (χ0n) is 9.31. The maximum Gasteiger partial charge on any atom is 0.391 e. The molecule has 1 saturated carbocycles. The molecular formula is C11H15F3IN. The molecular weight excluding hydrogens is 330 g/mol. The number of halogens is 4. The van der Waals surface area contributed by atoms with E-state index in [9.17, 15) is 13.2 Å². The molecule has 1 aliphatic carbocycles. The van der Waals surface area contributed by atoms with Gasteiger partial charge in [-0.05, 0) is 48.8 Å². The number of hydrogen-bond donors (Lipinski definition) is 0. The molecule has 0 aromatic rings. The van der Waals surface area contributed by atoms with Gasteiger partial charge in [-0.1, -0.05) is 0 Å². The Bertz CT molecular complexity index is 324. The summed E-state index contributed by atoms with van der Waals surface area (Å²) < 4.78 is 39.2. The van der Waals surface area contributed by atoms with E-state index in [1.165, 1.54) is 0 Å². The zero-order chi connectivity index (χ0) is 12.1. The summed E-state index contributed by atoms with van der Waals surface area (Å²) in [5, 5.41) is 0. The minimum absolute atomic E-state index is 0.103. The highest BCUT2D eigenvalue weighted by Crippen LogP contribution is 2.49. The van der Waals surface area contributed by atoms with Gasteiger partial charge >= 0.3 is 6.18 Å². The van der Waals surface area contributed by atoms with Gasteiger partial charge in [0.05, 0.1) is 5.92 Å². The molecule has 0 aromatic heterocycles. The van der Waals surface area contributed by atoms with Crippen LogP contribution in [0.2, 0.25) is 0 Å². The third kappa shape index (κ3) is 1.95. The summed E-state index contributed by atoms with van der Waals surface area (Å²) in [6.45, 7) is 2.00. The monoisotopic (exact) mass is 345 g/mol. The average molecular weight is 345 g/mol. The lowest BCUT2D eigenvalue weighted by molar-refractivity contribution is -0.186. The molecule has 3 atom stereocenters. The van der Waals surface area contributed by atoms with E-state index in [0.29, 0.717) is 12.5 Å². The van der Waals surface area contributed by atoms with Crippen LogP contribution >= 0.6 is 22.6 Å². The van der Waals surface area contributed by atoms with Crippen LogP contribution < -0.4 is 0 Å². The Morgan fingerprint density at radius 3 is 2.50 bits per heavy atom. The number of hydrogen-bond acceptors (Lipinski definition) is 1. The van der Waals surface area contributed by atoms with Crippen molar-refractivity contribution in [2.75, 3.05) is 7.05 Å². The van der Waals surface area contributed by atoms with Crippen molar-refractivity contribution in [1.82, 2.24) is 4.90 Å². The predicted molar refractivity (Wildman–Crippen MR) is 65.2 cm³/mol. The van der Waals surface area contributed by atoms with Crippen LogP contribution in [0.1, 0.15) is 26.2 Å². The summed E-state index contributed by atoms with van der Waals surface area (Å²) in [6.07, 6.45) is -2.80. The number of rotatable bonds is 0. The van der Waals surface area contributed by atoms with Crippen molar-refractivity contribution in [1.29, 1.82) is 0 Å². The largest absolute Gasteiger partial charge is 0.391 e. The Morgan fingerprint density at radius 2 is 1.94 bits per heavy atom. The molecule has 1 aliphatic heterocycles. The molecule has 2 aliphatic rings. The van der Waals surface area contributed by atoms with Gasteiger partial charge in [0.15, 0.2) is 0 Å². The Labute approximate surface area is 107 Å². The Kier molecular flexibility index (Phi) is 3.18. The molecule has 1 nitrogen and oxygen atoms in total. The fourth-order valence-corrected chi connectivity index (χ4v) is 3.92. The van der Waals surface area contributed by atoms with Gasteiger partial charge in [0.25, 0.3) is 0 Å². The summed E-state index contributed by atoms with van der Waals surface area (Å²) in [4.78, 5) is 2.15. The van der Waals surface area contributed by atoms with Crippen LogP contribution in [0.15, 0.2) is 9.28 Å². The molecule has 1 fully saturated rings. The molecule has 16 heavy (non-hydrogen) atoms. The van der Waals surface area contributed by atoms with Gasteiger partial charge in [-0.2, -0.15) is 13.2 Å². The first-order chi connectivity index (χ1) is 7.32. The lowest BCUT2D eigenvalue weighted by atomic mass is 9.78. The smallest absolute Gasteiger partial charge is 0.374 e. The summed E-state index contributed by atoms with van der Waals surface area (Å²) in [5.74, 6) is -0.996. The van der Waals surface area contributed by atoms with E-state index >= 15 is 0 Å². The lowest BCUT2D eigenvalue weighted by Gasteiger charge is -2.36. The normalized spacial score (nSPS) is 35.6. The Morgan fingerprint density at radius 1 is 1.31 bits per heavy atom. The molecule has 3 unspecified atom stereocenters. The first kappa shape index (κ1) is 12.5. The molecule has 0 N–H and O–H groups in total. The minimum atomic E-state index is -4.02. The van der Waals surface area contributed by atoms with Crippen LogP contribution in [0, 0.1) is 11.8 Å². The number of fused-ring (bicyclic) bond motifs is 1. The van der Waals surface area contributed by atoms with Crippen LogP contribution in [0.5, 0.6) is 0 Å². The van der Waals surface area contributed by atoms with Gasteiger partial charge in [0.2, 0.25) is 0 Å². The van der Waals surface area contributed by atoms with Crippen LogP contribution in [0.25, 0.3) is 0 Å². The second-order valence-electron chi connectivity index (χ2n) is 4.77. The van der Waals surface area contributed by atoms with Gasteiger partial charge in [-0.25, -0.2) is 0 Å². The van der Waals surface area contributed by atoms with E-state index in [2.05, 4.69) is 27.5 Å². The summed E-state index contributed by atoms with van der Waals surface area (Å²) >= 11 is 2.22. The van der Waals surface area contributed by atoms with Crippen molar-refractivity contribution < 1.29 is 13.2 Å². The fourth-order valence-electron chi connectivity index (χ4n) is 2.87. The van der Waals surface area contributed by atoms with E-state index in [1.807, 2.05) is 14.0 Å². The van der Waals surface area contributed by atoms with Crippen molar-refractivity contribution in [3.63, 3.8) is 0 Å². The molecule has 92 valence electrons. The van der Waals surface area contributed by atoms with Crippen LogP contribution in [-0.4, -0.2) is 24.2 Å². The average Bonchev–Trinajstić information content (AvgIpc) is 2.43. The first-order valence-electron chi connectivity index (χ1n) is 5.48. The first-order valence-corrected chi connectivity index (χ1v) is 6.56. The maximum absolute atomic E-state index is 12.7. The number of allylic oxidation sites excluding steroid dienone is 1. The quantitative estimate of drug-likeness (QED) is 0.601. The predicted octanol–water partition coefficient (Wildman–Crippen LogP) is 3.95. The molecule has 2 rings (SSSR count). The van der Waals surface area contributed by atoms with Crippen molar-refractivity contribution in [3.05, 3.63) is 9.28 Å². The van der Waals surface area contributed by atoms with E-state index < -0.39 is 12.1 Å². The third-order valence-electron chi connectivity index (χ3n) is 3.97. The van der Waals surface area contributed by atoms with E-state index in [1.54, 1.807) is 0 Å². The van der Waals surface area contributed by atoms with E-state index in [-0.39, 0.29) is 18.8 Å². The summed E-state index contributed by atoms with van der Waals surface area (Å²) in [6, 6.07) is 0.297. The number of alkyl halides is 3. The van der Waals surface area contributed by atoms with Crippen LogP contribution in [-0.2, 0) is 0 Å².